The number of benzene rings is 2. The van der Waals surface area contributed by atoms with Crippen LogP contribution < -0.4 is 5.32 Å². The van der Waals surface area contributed by atoms with Gasteiger partial charge in [0.15, 0.2) is 0 Å². The van der Waals surface area contributed by atoms with Crippen molar-refractivity contribution in [1.82, 2.24) is 15.2 Å². The summed E-state index contributed by atoms with van der Waals surface area (Å²) >= 11 is 6.18. The van der Waals surface area contributed by atoms with Crippen molar-refractivity contribution in [3.05, 3.63) is 76.9 Å². The molecule has 136 valence electrons. The maximum Gasteiger partial charge on any atom is 0.253 e. The maximum atomic E-state index is 12.6. The fraction of sp³-hybridized carbons (Fsp3) is 0.190. The Bertz CT molecular complexity index is 1020. The standard InChI is InChI=1S/C21H18ClN3O2/c22-18-7-3-1-6-15(18)12-25-13-17(10-20(25)26)24-21(27)16-9-14-5-2-4-8-19(14)23-11-16/h1-9,11,17H,10,12-13H2,(H,24,27)/t17-/m0/s1. The maximum absolute atomic E-state index is 12.6. The van der Waals surface area contributed by atoms with E-state index in [1.165, 1.54) is 0 Å². The van der Waals surface area contributed by atoms with Gasteiger partial charge in [-0.15, -0.1) is 0 Å². The van der Waals surface area contributed by atoms with Crippen molar-refractivity contribution in [2.75, 3.05) is 6.54 Å². The zero-order valence-electron chi connectivity index (χ0n) is 14.6. The molecule has 1 fully saturated rings. The highest BCUT2D eigenvalue weighted by Crippen LogP contribution is 2.21. The second-order valence-electron chi connectivity index (χ2n) is 6.66. The number of carbonyl (C=O) groups excluding carboxylic acids is 2. The van der Waals surface area contributed by atoms with Crippen molar-refractivity contribution in [2.24, 2.45) is 0 Å². The van der Waals surface area contributed by atoms with E-state index in [9.17, 15) is 9.59 Å². The average Bonchev–Trinajstić information content (AvgIpc) is 3.02. The van der Waals surface area contributed by atoms with E-state index >= 15 is 0 Å². The largest absolute Gasteiger partial charge is 0.347 e. The molecule has 1 aliphatic rings. The Labute approximate surface area is 162 Å². The van der Waals surface area contributed by atoms with Gasteiger partial charge in [0, 0.05) is 36.1 Å². The number of para-hydroxylation sites is 1. The third-order valence-electron chi connectivity index (χ3n) is 4.72. The normalized spacial score (nSPS) is 16.7. The molecule has 1 aromatic heterocycles. The van der Waals surface area contributed by atoms with E-state index in [0.717, 1.165) is 16.5 Å². The minimum atomic E-state index is -0.223. The highest BCUT2D eigenvalue weighted by Gasteiger charge is 2.31. The summed E-state index contributed by atoms with van der Waals surface area (Å²) in [4.78, 5) is 30.9. The minimum absolute atomic E-state index is 0.0110. The molecule has 4 rings (SSSR count). The molecule has 6 heteroatoms. The van der Waals surface area contributed by atoms with Crippen LogP contribution in [0.1, 0.15) is 22.3 Å². The number of fused-ring (bicyclic) bond motifs is 1. The average molecular weight is 380 g/mol. The highest BCUT2D eigenvalue weighted by molar-refractivity contribution is 6.31. The molecule has 0 radical (unpaired) electrons. The van der Waals surface area contributed by atoms with Crippen molar-refractivity contribution in [3.63, 3.8) is 0 Å². The lowest BCUT2D eigenvalue weighted by atomic mass is 10.1. The van der Waals surface area contributed by atoms with Crippen molar-refractivity contribution in [2.45, 2.75) is 19.0 Å². The topological polar surface area (TPSA) is 62.3 Å². The fourth-order valence-corrected chi connectivity index (χ4v) is 3.51. The quantitative estimate of drug-likeness (QED) is 0.755. The number of hydrogen-bond acceptors (Lipinski definition) is 3. The van der Waals surface area contributed by atoms with Crippen LogP contribution in [-0.2, 0) is 11.3 Å². The summed E-state index contributed by atoms with van der Waals surface area (Å²) in [5.74, 6) is -0.206. The van der Waals surface area contributed by atoms with Gasteiger partial charge in [-0.3, -0.25) is 14.6 Å². The minimum Gasteiger partial charge on any atom is -0.347 e. The molecule has 1 saturated heterocycles. The first-order valence-corrected chi connectivity index (χ1v) is 9.15. The Morgan fingerprint density at radius 2 is 1.96 bits per heavy atom. The number of halogens is 1. The van der Waals surface area contributed by atoms with Crippen LogP contribution in [0.15, 0.2) is 60.8 Å². The number of nitrogens with zero attached hydrogens (tertiary/aromatic N) is 2. The molecule has 0 bridgehead atoms. The Kier molecular flexibility index (Phi) is 4.77. The van der Waals surface area contributed by atoms with Gasteiger partial charge in [0.25, 0.3) is 5.91 Å². The first-order valence-electron chi connectivity index (χ1n) is 8.77. The predicted octanol–water partition coefficient (Wildman–Crippen LogP) is 3.42. The molecule has 2 aromatic carbocycles. The summed E-state index contributed by atoms with van der Waals surface area (Å²) in [5, 5.41) is 4.50. The van der Waals surface area contributed by atoms with E-state index < -0.39 is 0 Å². The smallest absolute Gasteiger partial charge is 0.253 e. The summed E-state index contributed by atoms with van der Waals surface area (Å²) in [6.45, 7) is 0.916. The zero-order valence-corrected chi connectivity index (χ0v) is 15.3. The zero-order chi connectivity index (χ0) is 18.8. The highest BCUT2D eigenvalue weighted by atomic mass is 35.5. The summed E-state index contributed by atoms with van der Waals surface area (Å²) in [6.07, 6.45) is 1.85. The van der Waals surface area contributed by atoms with Gasteiger partial charge in [-0.1, -0.05) is 48.0 Å². The summed E-state index contributed by atoms with van der Waals surface area (Å²) in [7, 11) is 0. The van der Waals surface area contributed by atoms with Gasteiger partial charge in [-0.2, -0.15) is 0 Å². The van der Waals surface area contributed by atoms with Crippen LogP contribution >= 0.6 is 11.6 Å². The van der Waals surface area contributed by atoms with Gasteiger partial charge < -0.3 is 10.2 Å². The summed E-state index contributed by atoms with van der Waals surface area (Å²) in [5.41, 5.74) is 2.24. The van der Waals surface area contributed by atoms with E-state index in [4.69, 9.17) is 11.6 Å². The number of hydrogen-bond donors (Lipinski definition) is 1. The van der Waals surface area contributed by atoms with Crippen LogP contribution in [0.25, 0.3) is 10.9 Å². The van der Waals surface area contributed by atoms with Crippen LogP contribution in [0.3, 0.4) is 0 Å². The van der Waals surface area contributed by atoms with Crippen molar-refractivity contribution in [3.8, 4) is 0 Å². The molecule has 1 aliphatic heterocycles. The van der Waals surface area contributed by atoms with E-state index in [1.807, 2.05) is 54.6 Å². The van der Waals surface area contributed by atoms with Gasteiger partial charge in [0.1, 0.15) is 0 Å². The Morgan fingerprint density at radius 3 is 2.81 bits per heavy atom. The fourth-order valence-electron chi connectivity index (χ4n) is 3.32. The number of nitrogens with one attached hydrogen (secondary N) is 1. The number of carbonyl (C=O) groups is 2. The van der Waals surface area contributed by atoms with Crippen molar-refractivity contribution < 1.29 is 9.59 Å². The second-order valence-corrected chi connectivity index (χ2v) is 7.06. The molecule has 0 spiro atoms. The number of rotatable bonds is 4. The number of aromatic nitrogens is 1. The molecule has 0 aliphatic carbocycles. The number of amides is 2. The lowest BCUT2D eigenvalue weighted by molar-refractivity contribution is -0.128. The third kappa shape index (κ3) is 3.78. The lowest BCUT2D eigenvalue weighted by Crippen LogP contribution is -2.37. The van der Waals surface area contributed by atoms with Crippen LogP contribution in [0.2, 0.25) is 5.02 Å². The number of likely N-dealkylation sites (tertiary alicyclic amines) is 1. The molecule has 0 saturated carbocycles. The first kappa shape index (κ1) is 17.5. The molecule has 0 unspecified atom stereocenters. The van der Waals surface area contributed by atoms with Crippen LogP contribution in [0, 0.1) is 0 Å². The molecule has 2 amide bonds. The monoisotopic (exact) mass is 379 g/mol. The van der Waals surface area contributed by atoms with Gasteiger partial charge in [0.05, 0.1) is 17.1 Å². The van der Waals surface area contributed by atoms with Gasteiger partial charge >= 0.3 is 0 Å². The predicted molar refractivity (Wildman–Crippen MR) is 104 cm³/mol. The molecule has 3 aromatic rings. The van der Waals surface area contributed by atoms with E-state index in [1.54, 1.807) is 11.1 Å². The summed E-state index contributed by atoms with van der Waals surface area (Å²) < 4.78 is 0. The van der Waals surface area contributed by atoms with Gasteiger partial charge in [-0.05, 0) is 23.8 Å². The van der Waals surface area contributed by atoms with Crippen LogP contribution in [0.5, 0.6) is 0 Å². The molecule has 27 heavy (non-hydrogen) atoms. The Balaban J connectivity index is 1.43. The molecule has 5 nitrogen and oxygen atoms in total. The van der Waals surface area contributed by atoms with Crippen LogP contribution in [-0.4, -0.2) is 34.3 Å². The Morgan fingerprint density at radius 1 is 1.19 bits per heavy atom. The SMILES string of the molecule is O=C(N[C@H]1CC(=O)N(Cc2ccccc2Cl)C1)c1cnc2ccccc2c1. The van der Waals surface area contributed by atoms with Gasteiger partial charge in [0.2, 0.25) is 5.91 Å². The third-order valence-corrected chi connectivity index (χ3v) is 5.09. The van der Waals surface area contributed by atoms with Crippen molar-refractivity contribution in [1.29, 1.82) is 0 Å². The van der Waals surface area contributed by atoms with E-state index in [2.05, 4.69) is 10.3 Å². The first-order chi connectivity index (χ1) is 13.1. The molecule has 1 atom stereocenters. The van der Waals surface area contributed by atoms with Gasteiger partial charge in [-0.25, -0.2) is 0 Å². The molecular weight excluding hydrogens is 362 g/mol. The van der Waals surface area contributed by atoms with Crippen molar-refractivity contribution >= 4 is 34.3 Å². The second kappa shape index (κ2) is 7.37. The lowest BCUT2D eigenvalue weighted by Gasteiger charge is -2.18. The molecule has 2 heterocycles. The summed E-state index contributed by atoms with van der Waals surface area (Å²) in [6, 6.07) is 16.7. The van der Waals surface area contributed by atoms with E-state index in [-0.39, 0.29) is 24.3 Å². The molecule has 1 N–H and O–H groups in total. The Hall–Kier alpha value is -2.92. The van der Waals surface area contributed by atoms with E-state index in [0.29, 0.717) is 23.7 Å². The van der Waals surface area contributed by atoms with Crippen LogP contribution in [0.4, 0.5) is 0 Å². The molecular formula is C21H18ClN3O2. The number of pyridine rings is 1.